The van der Waals surface area contributed by atoms with Gasteiger partial charge >= 0.3 is 0 Å². The predicted molar refractivity (Wildman–Crippen MR) is 200 cm³/mol. The Bertz CT molecular complexity index is 2920. The van der Waals surface area contributed by atoms with E-state index in [2.05, 4.69) is 100 Å². The van der Waals surface area contributed by atoms with E-state index in [1.807, 2.05) is 78.9 Å². The van der Waals surface area contributed by atoms with Crippen LogP contribution < -0.4 is 0 Å². The molecule has 0 amide bonds. The van der Waals surface area contributed by atoms with Gasteiger partial charge in [-0.05, 0) is 77.9 Å². The molecule has 9 aromatic rings. The van der Waals surface area contributed by atoms with Crippen molar-refractivity contribution < 1.29 is 0 Å². The topological polar surface area (TPSA) is 81.2 Å². The van der Waals surface area contributed by atoms with Gasteiger partial charge in [-0.15, -0.1) is 0 Å². The summed E-state index contributed by atoms with van der Waals surface area (Å²) in [5, 5.41) is 34.7. The van der Waals surface area contributed by atoms with Gasteiger partial charge in [0, 0.05) is 38.4 Å². The average Bonchev–Trinajstić information content (AvgIpc) is 3.70. The highest BCUT2D eigenvalue weighted by Gasteiger charge is 2.20. The standard InChI is InChI=1S/C45H25N5/c46-26-29-19-22-44-40(23-29)38-14-3-6-18-43(38)50(44)45-33(28-48)11-8-15-35(45)30-9-7-10-31(24-30)39-25-34(21-20-32(39)27-47)49-41-16-4-1-12-36(41)37-13-2-5-17-42(37)49/h1-25H. The van der Waals surface area contributed by atoms with Crippen LogP contribution in [0.1, 0.15) is 16.7 Å². The van der Waals surface area contributed by atoms with Crippen LogP contribution in [-0.4, -0.2) is 9.13 Å². The Hall–Kier alpha value is -7.39. The van der Waals surface area contributed by atoms with Crippen molar-refractivity contribution in [2.24, 2.45) is 0 Å². The number of nitriles is 3. The molecule has 5 nitrogen and oxygen atoms in total. The average molecular weight is 636 g/mol. The number of para-hydroxylation sites is 4. The van der Waals surface area contributed by atoms with Gasteiger partial charge in [0.15, 0.2) is 0 Å². The summed E-state index contributed by atoms with van der Waals surface area (Å²) in [4.78, 5) is 0. The Kier molecular flexibility index (Phi) is 6.56. The molecule has 0 bridgehead atoms. The van der Waals surface area contributed by atoms with Crippen molar-refractivity contribution in [1.82, 2.24) is 9.13 Å². The number of aromatic nitrogens is 2. The van der Waals surface area contributed by atoms with Crippen molar-refractivity contribution in [3.8, 4) is 51.8 Å². The first kappa shape index (κ1) is 28.8. The molecule has 9 rings (SSSR count). The maximum absolute atomic E-state index is 10.4. The zero-order valence-corrected chi connectivity index (χ0v) is 26.7. The maximum Gasteiger partial charge on any atom is 0.101 e. The highest BCUT2D eigenvalue weighted by Crippen LogP contribution is 2.40. The predicted octanol–water partition coefficient (Wildman–Crippen LogP) is 10.8. The van der Waals surface area contributed by atoms with Gasteiger partial charge in [0.05, 0.1) is 56.6 Å². The summed E-state index contributed by atoms with van der Waals surface area (Å²) in [7, 11) is 0. The highest BCUT2D eigenvalue weighted by molar-refractivity contribution is 6.11. The minimum absolute atomic E-state index is 0.533. The zero-order chi connectivity index (χ0) is 33.8. The lowest BCUT2D eigenvalue weighted by Gasteiger charge is -2.17. The van der Waals surface area contributed by atoms with Crippen LogP contribution in [0.2, 0.25) is 0 Å². The minimum Gasteiger partial charge on any atom is -0.309 e. The summed E-state index contributed by atoms with van der Waals surface area (Å²) in [5.41, 5.74) is 11.0. The van der Waals surface area contributed by atoms with Crippen molar-refractivity contribution in [2.45, 2.75) is 0 Å². The first-order valence-corrected chi connectivity index (χ1v) is 16.3. The van der Waals surface area contributed by atoms with E-state index in [1.54, 1.807) is 0 Å². The van der Waals surface area contributed by atoms with Crippen LogP contribution in [0.5, 0.6) is 0 Å². The molecule has 2 heterocycles. The smallest absolute Gasteiger partial charge is 0.101 e. The van der Waals surface area contributed by atoms with Crippen molar-refractivity contribution in [2.75, 3.05) is 0 Å². The minimum atomic E-state index is 0.533. The fourth-order valence-corrected chi connectivity index (χ4v) is 7.45. The molecule has 0 aliphatic heterocycles. The molecule has 0 aliphatic rings. The molecule has 0 radical (unpaired) electrons. The first-order valence-electron chi connectivity index (χ1n) is 16.3. The van der Waals surface area contributed by atoms with Gasteiger partial charge in [0.1, 0.15) is 6.07 Å². The molecule has 50 heavy (non-hydrogen) atoms. The Labute approximate surface area is 287 Å². The third-order valence-electron chi connectivity index (χ3n) is 9.63. The quantitative estimate of drug-likeness (QED) is 0.193. The van der Waals surface area contributed by atoms with Crippen LogP contribution in [-0.2, 0) is 0 Å². The first-order chi connectivity index (χ1) is 24.7. The largest absolute Gasteiger partial charge is 0.309 e. The lowest BCUT2D eigenvalue weighted by molar-refractivity contribution is 1.17. The second-order valence-corrected chi connectivity index (χ2v) is 12.3. The monoisotopic (exact) mass is 635 g/mol. The van der Waals surface area contributed by atoms with E-state index in [0.717, 1.165) is 66.5 Å². The number of nitrogens with zero attached hydrogens (tertiary/aromatic N) is 5. The van der Waals surface area contributed by atoms with Crippen molar-refractivity contribution >= 4 is 43.6 Å². The molecule has 0 aliphatic carbocycles. The molecule has 7 aromatic carbocycles. The molecule has 0 saturated carbocycles. The Balaban J connectivity index is 1.26. The maximum atomic E-state index is 10.4. The molecular weight excluding hydrogens is 611 g/mol. The van der Waals surface area contributed by atoms with E-state index >= 15 is 0 Å². The lowest BCUT2D eigenvalue weighted by Crippen LogP contribution is -2.01. The third kappa shape index (κ3) is 4.31. The van der Waals surface area contributed by atoms with Crippen LogP contribution in [0.25, 0.3) is 77.2 Å². The van der Waals surface area contributed by atoms with Gasteiger partial charge in [0.2, 0.25) is 0 Å². The van der Waals surface area contributed by atoms with E-state index < -0.39 is 0 Å². The van der Waals surface area contributed by atoms with Crippen LogP contribution in [0.15, 0.2) is 152 Å². The molecular formula is C45H25N5. The Morgan fingerprint density at radius 1 is 0.380 bits per heavy atom. The van der Waals surface area contributed by atoms with Crippen molar-refractivity contribution in [3.05, 3.63) is 168 Å². The number of hydrogen-bond donors (Lipinski definition) is 0. The molecule has 0 unspecified atom stereocenters. The van der Waals surface area contributed by atoms with E-state index in [1.165, 1.54) is 10.8 Å². The molecule has 0 N–H and O–H groups in total. The fourth-order valence-electron chi connectivity index (χ4n) is 7.45. The van der Waals surface area contributed by atoms with E-state index in [0.29, 0.717) is 16.7 Å². The Morgan fingerprint density at radius 2 is 0.960 bits per heavy atom. The second kappa shape index (κ2) is 11.4. The van der Waals surface area contributed by atoms with Gasteiger partial charge in [-0.1, -0.05) is 84.9 Å². The van der Waals surface area contributed by atoms with Gasteiger partial charge in [-0.3, -0.25) is 0 Å². The molecule has 2 aromatic heterocycles. The molecule has 0 fully saturated rings. The molecule has 0 saturated heterocycles. The highest BCUT2D eigenvalue weighted by atomic mass is 15.0. The summed E-state index contributed by atoms with van der Waals surface area (Å²) in [5.74, 6) is 0. The van der Waals surface area contributed by atoms with Gasteiger partial charge in [-0.2, -0.15) is 15.8 Å². The van der Waals surface area contributed by atoms with Gasteiger partial charge < -0.3 is 9.13 Å². The fraction of sp³-hybridized carbons (Fsp3) is 0. The number of fused-ring (bicyclic) bond motifs is 6. The number of benzene rings is 7. The summed E-state index contributed by atoms with van der Waals surface area (Å²) >= 11 is 0. The van der Waals surface area contributed by atoms with Crippen LogP contribution >= 0.6 is 0 Å². The lowest BCUT2D eigenvalue weighted by atomic mass is 9.94. The molecule has 230 valence electrons. The summed E-state index contributed by atoms with van der Waals surface area (Å²) in [6, 6.07) is 57.7. The molecule has 5 heteroatoms. The van der Waals surface area contributed by atoms with Gasteiger partial charge in [-0.25, -0.2) is 0 Å². The number of hydrogen-bond acceptors (Lipinski definition) is 3. The Morgan fingerprint density at radius 3 is 1.62 bits per heavy atom. The SMILES string of the molecule is N#Cc1ccc2c(c1)c1ccccc1n2-c1c(C#N)cccc1-c1cccc(-c2cc(-n3c4ccccc4c4ccccc43)ccc2C#N)c1. The molecule has 0 atom stereocenters. The van der Waals surface area contributed by atoms with Crippen LogP contribution in [0.3, 0.4) is 0 Å². The third-order valence-corrected chi connectivity index (χ3v) is 9.63. The normalized spacial score (nSPS) is 11.1. The summed E-state index contributed by atoms with van der Waals surface area (Å²) in [6.45, 7) is 0. The second-order valence-electron chi connectivity index (χ2n) is 12.3. The number of rotatable bonds is 4. The van der Waals surface area contributed by atoms with Gasteiger partial charge in [0.25, 0.3) is 0 Å². The van der Waals surface area contributed by atoms with Crippen LogP contribution in [0, 0.1) is 34.0 Å². The van der Waals surface area contributed by atoms with E-state index in [-0.39, 0.29) is 0 Å². The summed E-state index contributed by atoms with van der Waals surface area (Å²) in [6.07, 6.45) is 0. The van der Waals surface area contributed by atoms with Crippen molar-refractivity contribution in [3.63, 3.8) is 0 Å². The van der Waals surface area contributed by atoms with Crippen LogP contribution in [0.4, 0.5) is 0 Å². The van der Waals surface area contributed by atoms with Crippen molar-refractivity contribution in [1.29, 1.82) is 15.8 Å². The van der Waals surface area contributed by atoms with E-state index in [9.17, 15) is 15.8 Å². The van der Waals surface area contributed by atoms with E-state index in [4.69, 9.17) is 0 Å². The molecule has 0 spiro atoms. The summed E-state index contributed by atoms with van der Waals surface area (Å²) < 4.78 is 4.39. The zero-order valence-electron chi connectivity index (χ0n) is 26.7.